The second-order valence-corrected chi connectivity index (χ2v) is 14.2. The summed E-state index contributed by atoms with van der Waals surface area (Å²) >= 11 is 0. The topological polar surface area (TPSA) is 150 Å². The Morgan fingerprint density at radius 1 is 1.11 bits per heavy atom. The summed E-state index contributed by atoms with van der Waals surface area (Å²) in [5.74, 6) is 0.357. The standard InChI is InChI=1S/C34H42N4O5S.CH2O2/c1-6-24-22-38-15-16-44(41,42)37(4)30-19-25(18-28(24)32(30)38)33(40)36-29(17-23-11-8-7-9-12-23)31(39)21-35-34(2,3)26-13-10-14-27(20-26)43-5;2-1-3/h7-14,18-20,22,29,31,35,39H,6,15-17,21H2,1-5H3,(H,36,40);1H,(H,2,3)/t29-,31+;/m0./s1. The summed E-state index contributed by atoms with van der Waals surface area (Å²) in [6.07, 6.45) is 2.22. The van der Waals surface area contributed by atoms with Crippen LogP contribution in [-0.2, 0) is 39.7 Å². The van der Waals surface area contributed by atoms with E-state index >= 15 is 0 Å². The largest absolute Gasteiger partial charge is 0.497 e. The number of carboxylic acid groups (broad SMARTS) is 1. The molecule has 252 valence electrons. The van der Waals surface area contributed by atoms with Crippen LogP contribution >= 0.6 is 0 Å². The fourth-order valence-corrected chi connectivity index (χ4v) is 6.98. The van der Waals surface area contributed by atoms with Crippen LogP contribution in [0.2, 0.25) is 0 Å². The number of hydrogen-bond acceptors (Lipinski definition) is 7. The Balaban J connectivity index is 0.00000160. The zero-order valence-corrected chi connectivity index (χ0v) is 28.3. The molecular weight excluding hydrogens is 620 g/mol. The Bertz CT molecular complexity index is 1810. The highest BCUT2D eigenvalue weighted by Crippen LogP contribution is 2.36. The van der Waals surface area contributed by atoms with E-state index in [1.807, 2.05) is 92.2 Å². The third-order valence-electron chi connectivity index (χ3n) is 8.65. The van der Waals surface area contributed by atoms with Crippen molar-refractivity contribution in [1.82, 2.24) is 15.2 Å². The van der Waals surface area contributed by atoms with Crippen LogP contribution in [0.1, 0.15) is 47.8 Å². The second kappa shape index (κ2) is 15.0. The van der Waals surface area contributed by atoms with Crippen molar-refractivity contribution in [2.45, 2.75) is 57.8 Å². The zero-order chi connectivity index (χ0) is 34.4. The first-order valence-electron chi connectivity index (χ1n) is 15.5. The number of amides is 1. The molecule has 47 heavy (non-hydrogen) atoms. The molecule has 1 amide bonds. The highest BCUT2D eigenvalue weighted by molar-refractivity contribution is 7.92. The van der Waals surface area contributed by atoms with Crippen molar-refractivity contribution < 1.29 is 33.0 Å². The van der Waals surface area contributed by atoms with Gasteiger partial charge in [-0.25, -0.2) is 8.42 Å². The number of sulfonamides is 1. The summed E-state index contributed by atoms with van der Waals surface area (Å²) in [4.78, 5) is 22.3. The number of aliphatic hydroxyl groups excluding tert-OH is 1. The van der Waals surface area contributed by atoms with Gasteiger partial charge >= 0.3 is 0 Å². The van der Waals surface area contributed by atoms with E-state index in [-0.39, 0.29) is 24.7 Å². The Labute approximate surface area is 276 Å². The number of carbonyl (C=O) groups is 2. The Kier molecular flexibility index (Phi) is 11.3. The molecule has 11 nitrogen and oxygen atoms in total. The van der Waals surface area contributed by atoms with Gasteiger partial charge < -0.3 is 30.2 Å². The fourth-order valence-electron chi connectivity index (χ4n) is 5.84. The lowest BCUT2D eigenvalue weighted by Crippen LogP contribution is -2.51. The van der Waals surface area contributed by atoms with Crippen LogP contribution in [0.3, 0.4) is 0 Å². The first kappa shape index (κ1) is 35.5. The summed E-state index contributed by atoms with van der Waals surface area (Å²) in [5.41, 5.74) is 4.18. The van der Waals surface area contributed by atoms with Crippen LogP contribution in [0.5, 0.6) is 5.75 Å². The van der Waals surface area contributed by atoms with Crippen molar-refractivity contribution in [2.24, 2.45) is 0 Å². The molecule has 12 heteroatoms. The maximum Gasteiger partial charge on any atom is 0.290 e. The molecule has 3 aromatic carbocycles. The van der Waals surface area contributed by atoms with Gasteiger partial charge in [0.1, 0.15) is 5.75 Å². The van der Waals surface area contributed by atoms with Gasteiger partial charge in [-0.2, -0.15) is 0 Å². The third-order valence-corrected chi connectivity index (χ3v) is 10.4. The van der Waals surface area contributed by atoms with Gasteiger partial charge in [0.2, 0.25) is 10.0 Å². The lowest BCUT2D eigenvalue weighted by molar-refractivity contribution is -0.122. The third kappa shape index (κ3) is 8.13. The zero-order valence-electron chi connectivity index (χ0n) is 27.4. The van der Waals surface area contributed by atoms with E-state index in [9.17, 15) is 18.3 Å². The van der Waals surface area contributed by atoms with Gasteiger partial charge in [-0.05, 0) is 67.6 Å². The maximum absolute atomic E-state index is 13.9. The number of hydrogen-bond donors (Lipinski definition) is 4. The SMILES string of the molecule is CCc1cn2c3c(cc(C(=O)N[C@@H](Cc4ccccc4)[C@H](O)CNC(C)(C)c4cccc(OC)c4)cc13)N(C)S(=O)(=O)CC2.O=CO. The number of aromatic nitrogens is 1. The number of ether oxygens (including phenoxy) is 1. The summed E-state index contributed by atoms with van der Waals surface area (Å²) < 4.78 is 34.6. The van der Waals surface area contributed by atoms with Crippen LogP contribution in [-0.4, -0.2) is 74.2 Å². The van der Waals surface area contributed by atoms with Gasteiger partial charge in [0.25, 0.3) is 12.4 Å². The van der Waals surface area contributed by atoms with Crippen molar-refractivity contribution >= 4 is 39.0 Å². The van der Waals surface area contributed by atoms with Crippen LogP contribution in [0, 0.1) is 0 Å². The lowest BCUT2D eigenvalue weighted by Gasteiger charge is -2.31. The van der Waals surface area contributed by atoms with Gasteiger partial charge in [-0.1, -0.05) is 49.4 Å². The molecule has 0 aliphatic carbocycles. The van der Waals surface area contributed by atoms with Gasteiger partial charge in [-0.3, -0.25) is 13.9 Å². The number of nitrogens with zero attached hydrogens (tertiary/aromatic N) is 2. The number of aliphatic hydroxyl groups is 1. The number of carbonyl (C=O) groups excluding carboxylic acids is 1. The monoisotopic (exact) mass is 664 g/mol. The molecule has 4 N–H and O–H groups in total. The first-order valence-corrected chi connectivity index (χ1v) is 17.1. The number of rotatable bonds is 11. The molecule has 1 aliphatic heterocycles. The number of benzene rings is 3. The van der Waals surface area contributed by atoms with E-state index in [0.717, 1.165) is 39.8 Å². The molecule has 0 bridgehead atoms. The Morgan fingerprint density at radius 3 is 2.47 bits per heavy atom. The summed E-state index contributed by atoms with van der Waals surface area (Å²) in [5, 5.41) is 25.8. The van der Waals surface area contributed by atoms with Crippen molar-refractivity contribution in [1.29, 1.82) is 0 Å². The normalized spacial score (nSPS) is 15.1. The molecular formula is C35H44N4O7S. The molecule has 0 fully saturated rings. The molecule has 0 saturated carbocycles. The molecule has 0 radical (unpaired) electrons. The van der Waals surface area contributed by atoms with Crippen molar-refractivity contribution in [2.75, 3.05) is 30.8 Å². The summed E-state index contributed by atoms with van der Waals surface area (Å²) in [7, 11) is -0.377. The summed E-state index contributed by atoms with van der Waals surface area (Å²) in [6, 6.07) is 20.4. The molecule has 0 unspecified atom stereocenters. The van der Waals surface area contributed by atoms with Gasteiger partial charge in [-0.15, -0.1) is 0 Å². The van der Waals surface area contributed by atoms with E-state index in [1.54, 1.807) is 13.2 Å². The van der Waals surface area contributed by atoms with Crippen LogP contribution in [0.15, 0.2) is 72.9 Å². The summed E-state index contributed by atoms with van der Waals surface area (Å²) in [6.45, 7) is 6.43. The number of nitrogens with one attached hydrogen (secondary N) is 2. The van der Waals surface area contributed by atoms with E-state index in [4.69, 9.17) is 14.6 Å². The van der Waals surface area contributed by atoms with Crippen molar-refractivity contribution in [3.8, 4) is 5.75 Å². The minimum Gasteiger partial charge on any atom is -0.497 e. The Morgan fingerprint density at radius 2 is 1.81 bits per heavy atom. The Hall–Kier alpha value is -4.39. The molecule has 0 spiro atoms. The lowest BCUT2D eigenvalue weighted by atomic mass is 9.93. The average molecular weight is 665 g/mol. The van der Waals surface area contributed by atoms with Crippen LogP contribution in [0.25, 0.3) is 10.9 Å². The predicted octanol–water partition coefficient (Wildman–Crippen LogP) is 3.92. The highest BCUT2D eigenvalue weighted by atomic mass is 32.2. The van der Waals surface area contributed by atoms with Gasteiger partial charge in [0.05, 0.1) is 36.2 Å². The predicted molar refractivity (Wildman–Crippen MR) is 184 cm³/mol. The average Bonchev–Trinajstić information content (AvgIpc) is 3.39. The van der Waals surface area contributed by atoms with Crippen LogP contribution < -0.4 is 19.7 Å². The molecule has 1 aliphatic rings. The minimum absolute atomic E-state index is 0.0168. The number of aryl methyl sites for hydroxylation is 2. The van der Waals surface area contributed by atoms with Crippen molar-refractivity contribution in [3.63, 3.8) is 0 Å². The fraction of sp³-hybridized carbons (Fsp3) is 0.371. The molecule has 4 aromatic rings. The molecule has 5 rings (SSSR count). The second-order valence-electron chi connectivity index (χ2n) is 12.1. The molecule has 0 saturated heterocycles. The van der Waals surface area contributed by atoms with Crippen molar-refractivity contribution in [3.05, 3.63) is 95.2 Å². The van der Waals surface area contributed by atoms with Crippen LogP contribution in [0.4, 0.5) is 5.69 Å². The smallest absolute Gasteiger partial charge is 0.290 e. The molecule has 1 aromatic heterocycles. The number of anilines is 1. The van der Waals surface area contributed by atoms with E-state index in [0.29, 0.717) is 24.2 Å². The molecule has 2 atom stereocenters. The minimum atomic E-state index is -3.55. The van der Waals surface area contributed by atoms with E-state index in [2.05, 4.69) is 10.6 Å². The quantitative estimate of drug-likeness (QED) is 0.176. The maximum atomic E-state index is 13.9. The first-order chi connectivity index (χ1) is 22.3. The number of methoxy groups -OCH3 is 1. The van der Waals surface area contributed by atoms with Gasteiger partial charge in [0, 0.05) is 42.8 Å². The highest BCUT2D eigenvalue weighted by Gasteiger charge is 2.30. The van der Waals surface area contributed by atoms with Gasteiger partial charge in [0.15, 0.2) is 0 Å². The van der Waals surface area contributed by atoms with E-state index in [1.165, 1.54) is 11.4 Å². The van der Waals surface area contributed by atoms with E-state index < -0.39 is 27.7 Å². The molecule has 2 heterocycles.